The average molecular weight is 423 g/mol. The molecule has 0 spiro atoms. The molecular formula is C23H42N2O3Si. The van der Waals surface area contributed by atoms with Gasteiger partial charge in [0.2, 0.25) is 5.91 Å². The molecule has 0 bridgehead atoms. The third kappa shape index (κ3) is 4.75. The highest BCUT2D eigenvalue weighted by Gasteiger charge is 2.49. The molecule has 2 aliphatic heterocycles. The first kappa shape index (κ1) is 21.8. The van der Waals surface area contributed by atoms with Gasteiger partial charge in [-0.25, -0.2) is 0 Å². The minimum atomic E-state index is -2.15. The molecule has 0 aromatic rings. The van der Waals surface area contributed by atoms with E-state index in [2.05, 4.69) is 18.0 Å². The number of nitrogens with two attached hydrogens (primary N) is 1. The summed E-state index contributed by atoms with van der Waals surface area (Å²) in [6, 6.07) is 0. The molecule has 6 heteroatoms. The van der Waals surface area contributed by atoms with Crippen LogP contribution in [0.5, 0.6) is 0 Å². The summed E-state index contributed by atoms with van der Waals surface area (Å²) in [5.41, 5.74) is 6.35. The van der Waals surface area contributed by atoms with Crippen LogP contribution >= 0.6 is 0 Å². The fourth-order valence-corrected chi connectivity index (χ4v) is 8.58. The Morgan fingerprint density at radius 2 is 1.83 bits per heavy atom. The van der Waals surface area contributed by atoms with Crippen LogP contribution in [0.25, 0.3) is 0 Å². The Balaban J connectivity index is 1.31. The van der Waals surface area contributed by atoms with Gasteiger partial charge in [0, 0.05) is 13.1 Å². The van der Waals surface area contributed by atoms with Crippen molar-refractivity contribution in [1.29, 1.82) is 0 Å². The van der Waals surface area contributed by atoms with E-state index in [1.165, 1.54) is 25.7 Å². The van der Waals surface area contributed by atoms with E-state index in [9.17, 15) is 9.59 Å². The monoisotopic (exact) mass is 422 g/mol. The van der Waals surface area contributed by atoms with Crippen molar-refractivity contribution in [3.05, 3.63) is 0 Å². The van der Waals surface area contributed by atoms with Gasteiger partial charge in [-0.2, -0.15) is 0 Å². The third-order valence-electron chi connectivity index (χ3n) is 8.83. The zero-order chi connectivity index (χ0) is 20.6. The zero-order valence-corrected chi connectivity index (χ0v) is 19.5. The molecule has 5 nitrogen and oxygen atoms in total. The number of likely N-dealkylation sites (tertiary alicyclic amines) is 1. The molecule has 6 atom stereocenters. The van der Waals surface area contributed by atoms with E-state index in [1.807, 2.05) is 0 Å². The maximum Gasteiger partial charge on any atom is 0.228 e. The van der Waals surface area contributed by atoms with E-state index in [4.69, 9.17) is 10.5 Å². The van der Waals surface area contributed by atoms with E-state index >= 15 is 0 Å². The van der Waals surface area contributed by atoms with Gasteiger partial charge in [-0.3, -0.25) is 4.79 Å². The Hall–Kier alpha value is -0.433. The van der Waals surface area contributed by atoms with Crippen LogP contribution in [0, 0.1) is 29.6 Å². The molecule has 4 aliphatic rings. The van der Waals surface area contributed by atoms with Crippen molar-refractivity contribution in [3.63, 3.8) is 0 Å². The Morgan fingerprint density at radius 3 is 2.52 bits per heavy atom. The van der Waals surface area contributed by atoms with Gasteiger partial charge in [-0.05, 0) is 93.8 Å². The predicted molar refractivity (Wildman–Crippen MR) is 118 cm³/mol. The summed E-state index contributed by atoms with van der Waals surface area (Å²) < 4.78 is 6.06. The number of piperidine rings is 1. The number of rotatable bonds is 4. The fourth-order valence-electron chi connectivity index (χ4n) is 6.86. The molecule has 166 valence electrons. The normalized spacial score (nSPS) is 39.4. The summed E-state index contributed by atoms with van der Waals surface area (Å²) in [5, 5.41) is 0. The Bertz CT molecular complexity index is 573. The van der Waals surface area contributed by atoms with Crippen LogP contribution in [0.4, 0.5) is 0 Å². The number of carbonyl (C=O) groups excluding carboxylic acids is 1. The zero-order valence-electron chi connectivity index (χ0n) is 18.5. The SMILES string of the molecule is C[Si](C)(O)C1CCC2OCC(C(=O)N3CCC(C4CCCC(CN)C4)CC3)C2C1. The molecule has 6 unspecified atom stereocenters. The molecule has 3 N–H and O–H groups in total. The van der Waals surface area contributed by atoms with E-state index in [1.54, 1.807) is 0 Å². The molecule has 0 aromatic carbocycles. The molecule has 2 aliphatic carbocycles. The highest BCUT2D eigenvalue weighted by molar-refractivity contribution is 6.71. The molecule has 0 aromatic heterocycles. The van der Waals surface area contributed by atoms with Crippen molar-refractivity contribution in [3.8, 4) is 0 Å². The lowest BCUT2D eigenvalue weighted by Crippen LogP contribution is -2.47. The van der Waals surface area contributed by atoms with Crippen molar-refractivity contribution in [2.24, 2.45) is 35.3 Å². The van der Waals surface area contributed by atoms with Crippen molar-refractivity contribution in [2.45, 2.75) is 82.5 Å². The lowest BCUT2D eigenvalue weighted by molar-refractivity contribution is -0.138. The topological polar surface area (TPSA) is 75.8 Å². The van der Waals surface area contributed by atoms with E-state index in [0.717, 1.165) is 69.5 Å². The molecule has 0 radical (unpaired) electrons. The van der Waals surface area contributed by atoms with E-state index < -0.39 is 8.32 Å². The van der Waals surface area contributed by atoms with E-state index in [0.29, 0.717) is 24.0 Å². The molecule has 2 saturated carbocycles. The van der Waals surface area contributed by atoms with Crippen LogP contribution < -0.4 is 5.73 Å². The van der Waals surface area contributed by atoms with Gasteiger partial charge in [0.25, 0.3) is 0 Å². The lowest BCUT2D eigenvalue weighted by atomic mass is 9.72. The first-order valence-corrected chi connectivity index (χ1v) is 15.2. The van der Waals surface area contributed by atoms with Gasteiger partial charge >= 0.3 is 0 Å². The number of nitrogens with zero attached hydrogens (tertiary/aromatic N) is 1. The van der Waals surface area contributed by atoms with Crippen molar-refractivity contribution in [2.75, 3.05) is 26.2 Å². The summed E-state index contributed by atoms with van der Waals surface area (Å²) in [7, 11) is -2.15. The van der Waals surface area contributed by atoms with Gasteiger partial charge in [-0.15, -0.1) is 0 Å². The van der Waals surface area contributed by atoms with Gasteiger partial charge in [-0.1, -0.05) is 12.8 Å². The summed E-state index contributed by atoms with van der Waals surface area (Å²) in [6.45, 7) is 7.38. The van der Waals surface area contributed by atoms with Gasteiger partial charge in [0.05, 0.1) is 18.6 Å². The van der Waals surface area contributed by atoms with Crippen LogP contribution in [0.15, 0.2) is 0 Å². The highest BCUT2D eigenvalue weighted by Crippen LogP contribution is 2.47. The highest BCUT2D eigenvalue weighted by atomic mass is 28.4. The summed E-state index contributed by atoms with van der Waals surface area (Å²) >= 11 is 0. The molecule has 29 heavy (non-hydrogen) atoms. The fraction of sp³-hybridized carbons (Fsp3) is 0.957. The molecule has 2 saturated heterocycles. The Morgan fingerprint density at radius 1 is 1.07 bits per heavy atom. The summed E-state index contributed by atoms with van der Waals surface area (Å²) in [6.07, 6.45) is 10.9. The molecular weight excluding hydrogens is 380 g/mol. The number of amides is 1. The molecule has 4 rings (SSSR count). The van der Waals surface area contributed by atoms with Gasteiger partial charge < -0.3 is 20.2 Å². The Labute approximate surface area is 177 Å². The second-order valence-electron chi connectivity index (χ2n) is 11.0. The number of fused-ring (bicyclic) bond motifs is 1. The predicted octanol–water partition coefficient (Wildman–Crippen LogP) is 3.37. The van der Waals surface area contributed by atoms with Crippen molar-refractivity contribution < 1.29 is 14.3 Å². The minimum absolute atomic E-state index is 0.0204. The lowest BCUT2D eigenvalue weighted by Gasteiger charge is -2.41. The van der Waals surface area contributed by atoms with Crippen LogP contribution in [-0.4, -0.2) is 56.3 Å². The minimum Gasteiger partial charge on any atom is -0.432 e. The number of hydrogen-bond donors (Lipinski definition) is 2. The molecule has 1 amide bonds. The number of hydrogen-bond acceptors (Lipinski definition) is 4. The maximum absolute atomic E-state index is 13.4. The standard InChI is InChI=1S/C23H42N2O3Si/c1-29(2,27)19-6-7-22-20(13-19)21(15-28-22)23(26)25-10-8-17(9-11-25)18-5-3-4-16(12-18)14-24/h16-22,27H,3-15,24H2,1-2H3. The second-order valence-corrected chi connectivity index (χ2v) is 15.1. The maximum atomic E-state index is 13.4. The number of carbonyl (C=O) groups is 1. The first-order valence-electron chi connectivity index (χ1n) is 12.2. The quantitative estimate of drug-likeness (QED) is 0.681. The van der Waals surface area contributed by atoms with E-state index in [-0.39, 0.29) is 12.0 Å². The van der Waals surface area contributed by atoms with Gasteiger partial charge in [0.15, 0.2) is 8.32 Å². The van der Waals surface area contributed by atoms with Crippen LogP contribution in [0.2, 0.25) is 18.6 Å². The second kappa shape index (κ2) is 8.97. The van der Waals surface area contributed by atoms with Crippen molar-refractivity contribution in [1.82, 2.24) is 4.90 Å². The smallest absolute Gasteiger partial charge is 0.228 e. The average Bonchev–Trinajstić information content (AvgIpc) is 3.16. The molecule has 2 heterocycles. The third-order valence-corrected chi connectivity index (χ3v) is 11.4. The Kier molecular flexibility index (Phi) is 6.74. The van der Waals surface area contributed by atoms with Crippen LogP contribution in [0.3, 0.4) is 0 Å². The largest absolute Gasteiger partial charge is 0.432 e. The van der Waals surface area contributed by atoms with Crippen LogP contribution in [0.1, 0.15) is 57.8 Å². The summed E-state index contributed by atoms with van der Waals surface area (Å²) in [4.78, 5) is 26.1. The number of ether oxygens (including phenoxy) is 1. The first-order chi connectivity index (χ1) is 13.9. The van der Waals surface area contributed by atoms with Crippen LogP contribution in [-0.2, 0) is 9.53 Å². The summed E-state index contributed by atoms with van der Waals surface area (Å²) in [5.74, 6) is 3.00. The molecule has 4 fully saturated rings. The van der Waals surface area contributed by atoms with Gasteiger partial charge in [0.1, 0.15) is 0 Å². The van der Waals surface area contributed by atoms with Crippen molar-refractivity contribution >= 4 is 14.2 Å².